The molecule has 3 aromatic rings. The first kappa shape index (κ1) is 19.3. The van der Waals surface area contributed by atoms with Gasteiger partial charge >= 0.3 is 0 Å². The fraction of sp³-hybridized carbons (Fsp3) is 0.391. The van der Waals surface area contributed by atoms with E-state index in [1.807, 2.05) is 18.2 Å². The molecule has 0 N–H and O–H groups in total. The second-order valence-corrected chi connectivity index (χ2v) is 7.51. The van der Waals surface area contributed by atoms with Crippen LogP contribution in [0.1, 0.15) is 43.6 Å². The minimum absolute atomic E-state index is 0.187. The van der Waals surface area contributed by atoms with Crippen molar-refractivity contribution in [2.45, 2.75) is 51.0 Å². The van der Waals surface area contributed by atoms with Gasteiger partial charge in [-0.3, -0.25) is 9.78 Å². The summed E-state index contributed by atoms with van der Waals surface area (Å²) in [6, 6.07) is 14.5. The van der Waals surface area contributed by atoms with Crippen molar-refractivity contribution >= 4 is 5.91 Å². The van der Waals surface area contributed by atoms with Gasteiger partial charge in [0.2, 0.25) is 17.6 Å². The topological polar surface area (TPSA) is 72.1 Å². The highest BCUT2D eigenvalue weighted by atomic mass is 16.5. The first-order valence-corrected chi connectivity index (χ1v) is 10.4. The van der Waals surface area contributed by atoms with E-state index in [1.165, 1.54) is 12.0 Å². The quantitative estimate of drug-likeness (QED) is 0.608. The number of carbonyl (C=O) groups is 1. The van der Waals surface area contributed by atoms with Crippen LogP contribution in [0, 0.1) is 0 Å². The summed E-state index contributed by atoms with van der Waals surface area (Å²) in [5, 5.41) is 4.02. The van der Waals surface area contributed by atoms with E-state index >= 15 is 0 Å². The Morgan fingerprint density at radius 2 is 1.90 bits per heavy atom. The summed E-state index contributed by atoms with van der Waals surface area (Å²) < 4.78 is 5.34. The van der Waals surface area contributed by atoms with Gasteiger partial charge in [0.1, 0.15) is 0 Å². The lowest BCUT2D eigenvalue weighted by Gasteiger charge is -2.36. The predicted molar refractivity (Wildman–Crippen MR) is 110 cm³/mol. The molecule has 1 aliphatic rings. The molecule has 150 valence electrons. The van der Waals surface area contributed by atoms with Gasteiger partial charge in [0, 0.05) is 43.4 Å². The molecule has 3 heterocycles. The van der Waals surface area contributed by atoms with Crippen LogP contribution in [0.15, 0.2) is 59.4 Å². The van der Waals surface area contributed by atoms with Crippen molar-refractivity contribution in [2.24, 2.45) is 0 Å². The standard InChI is InChI=1S/C23H26N4O2/c28-22(12-11-21-25-23(26-29-21)19-13-15-24-16-14-19)27-17-5-4-8-20(27)10-9-18-6-2-1-3-7-18/h1-3,6-7,13-16,20H,4-5,8-12,17H2. The number of rotatable bonds is 7. The number of piperidine rings is 1. The highest BCUT2D eigenvalue weighted by molar-refractivity contribution is 5.76. The van der Waals surface area contributed by atoms with Crippen LogP contribution in [0.4, 0.5) is 0 Å². The van der Waals surface area contributed by atoms with Gasteiger partial charge < -0.3 is 9.42 Å². The SMILES string of the molecule is O=C(CCc1nc(-c2ccncc2)no1)N1CCCCC1CCc1ccccc1. The van der Waals surface area contributed by atoms with Crippen LogP contribution in [0.2, 0.25) is 0 Å². The highest BCUT2D eigenvalue weighted by Gasteiger charge is 2.26. The normalized spacial score (nSPS) is 16.7. The van der Waals surface area contributed by atoms with Gasteiger partial charge in [0.25, 0.3) is 0 Å². The Kier molecular flexibility index (Phi) is 6.29. The minimum atomic E-state index is 0.187. The van der Waals surface area contributed by atoms with E-state index in [2.05, 4.69) is 44.3 Å². The largest absolute Gasteiger partial charge is 0.340 e. The van der Waals surface area contributed by atoms with Crippen LogP contribution in [-0.4, -0.2) is 38.5 Å². The van der Waals surface area contributed by atoms with E-state index in [-0.39, 0.29) is 5.91 Å². The molecule has 1 unspecified atom stereocenters. The molecule has 1 aliphatic heterocycles. The maximum Gasteiger partial charge on any atom is 0.227 e. The number of hydrogen-bond donors (Lipinski definition) is 0. The second kappa shape index (κ2) is 9.45. The lowest BCUT2D eigenvalue weighted by Crippen LogP contribution is -2.44. The molecule has 0 aliphatic carbocycles. The van der Waals surface area contributed by atoms with Crippen molar-refractivity contribution in [3.63, 3.8) is 0 Å². The van der Waals surface area contributed by atoms with Gasteiger partial charge in [-0.05, 0) is 49.8 Å². The smallest absolute Gasteiger partial charge is 0.227 e. The molecule has 1 atom stereocenters. The molecule has 0 spiro atoms. The zero-order valence-corrected chi connectivity index (χ0v) is 16.5. The molecule has 4 rings (SSSR count). The van der Waals surface area contributed by atoms with E-state index in [0.29, 0.717) is 30.6 Å². The van der Waals surface area contributed by atoms with E-state index in [1.54, 1.807) is 12.4 Å². The molecule has 0 radical (unpaired) electrons. The average molecular weight is 390 g/mol. The molecule has 1 amide bonds. The number of aromatic nitrogens is 3. The van der Waals surface area contributed by atoms with Crippen LogP contribution in [0.25, 0.3) is 11.4 Å². The van der Waals surface area contributed by atoms with E-state index in [4.69, 9.17) is 4.52 Å². The molecule has 1 saturated heterocycles. The summed E-state index contributed by atoms with van der Waals surface area (Å²) in [4.78, 5) is 23.4. The molecule has 0 bridgehead atoms. The monoisotopic (exact) mass is 390 g/mol. The molecule has 6 heteroatoms. The van der Waals surface area contributed by atoms with Crippen molar-refractivity contribution in [1.29, 1.82) is 0 Å². The summed E-state index contributed by atoms with van der Waals surface area (Å²) >= 11 is 0. The van der Waals surface area contributed by atoms with E-state index in [0.717, 1.165) is 37.8 Å². The van der Waals surface area contributed by atoms with Gasteiger partial charge in [-0.1, -0.05) is 35.5 Å². The Bertz CT molecular complexity index is 911. The fourth-order valence-electron chi connectivity index (χ4n) is 3.94. The van der Waals surface area contributed by atoms with E-state index < -0.39 is 0 Å². The molecular formula is C23H26N4O2. The van der Waals surface area contributed by atoms with Crippen LogP contribution in [0.3, 0.4) is 0 Å². The van der Waals surface area contributed by atoms with Gasteiger partial charge in [-0.25, -0.2) is 0 Å². The van der Waals surface area contributed by atoms with Crippen molar-refractivity contribution in [3.05, 3.63) is 66.3 Å². The Balaban J connectivity index is 1.32. The molecule has 29 heavy (non-hydrogen) atoms. The first-order chi connectivity index (χ1) is 14.3. The van der Waals surface area contributed by atoms with Crippen molar-refractivity contribution < 1.29 is 9.32 Å². The van der Waals surface area contributed by atoms with Gasteiger partial charge in [-0.2, -0.15) is 4.98 Å². The fourth-order valence-corrected chi connectivity index (χ4v) is 3.94. The number of nitrogens with zero attached hydrogens (tertiary/aromatic N) is 4. The predicted octanol–water partition coefficient (Wildman–Crippen LogP) is 4.08. The average Bonchev–Trinajstić information content (AvgIpc) is 3.27. The third kappa shape index (κ3) is 5.08. The maximum absolute atomic E-state index is 12.9. The number of amides is 1. The van der Waals surface area contributed by atoms with Gasteiger partial charge in [-0.15, -0.1) is 0 Å². The lowest BCUT2D eigenvalue weighted by atomic mass is 9.95. The number of benzene rings is 1. The number of likely N-dealkylation sites (tertiary alicyclic amines) is 1. The zero-order valence-electron chi connectivity index (χ0n) is 16.5. The summed E-state index contributed by atoms with van der Waals surface area (Å²) in [6.45, 7) is 0.852. The zero-order chi connectivity index (χ0) is 19.9. The second-order valence-electron chi connectivity index (χ2n) is 7.51. The summed E-state index contributed by atoms with van der Waals surface area (Å²) in [6.07, 6.45) is 9.66. The number of pyridine rings is 1. The number of carbonyl (C=O) groups excluding carboxylic acids is 1. The van der Waals surface area contributed by atoms with Crippen LogP contribution >= 0.6 is 0 Å². The minimum Gasteiger partial charge on any atom is -0.340 e. The van der Waals surface area contributed by atoms with E-state index in [9.17, 15) is 4.79 Å². The van der Waals surface area contributed by atoms with Crippen LogP contribution < -0.4 is 0 Å². The maximum atomic E-state index is 12.9. The lowest BCUT2D eigenvalue weighted by molar-refractivity contribution is -0.135. The van der Waals surface area contributed by atoms with Crippen LogP contribution in [-0.2, 0) is 17.6 Å². The molecule has 6 nitrogen and oxygen atoms in total. The molecule has 2 aromatic heterocycles. The molecule has 1 fully saturated rings. The summed E-state index contributed by atoms with van der Waals surface area (Å²) in [7, 11) is 0. The van der Waals surface area contributed by atoms with Crippen molar-refractivity contribution in [2.75, 3.05) is 6.54 Å². The third-order valence-electron chi connectivity index (χ3n) is 5.52. The van der Waals surface area contributed by atoms with Crippen molar-refractivity contribution in [3.8, 4) is 11.4 Å². The Morgan fingerprint density at radius 3 is 2.72 bits per heavy atom. The summed E-state index contributed by atoms with van der Waals surface area (Å²) in [5.41, 5.74) is 2.19. The molecular weight excluding hydrogens is 364 g/mol. The Morgan fingerprint density at radius 1 is 1.07 bits per heavy atom. The Hall–Kier alpha value is -3.02. The third-order valence-corrected chi connectivity index (χ3v) is 5.52. The van der Waals surface area contributed by atoms with Gasteiger partial charge in [0.05, 0.1) is 0 Å². The summed E-state index contributed by atoms with van der Waals surface area (Å²) in [5.74, 6) is 1.22. The van der Waals surface area contributed by atoms with Crippen LogP contribution in [0.5, 0.6) is 0 Å². The number of hydrogen-bond acceptors (Lipinski definition) is 5. The molecule has 1 aromatic carbocycles. The van der Waals surface area contributed by atoms with Gasteiger partial charge in [0.15, 0.2) is 0 Å². The van der Waals surface area contributed by atoms with Crippen molar-refractivity contribution in [1.82, 2.24) is 20.0 Å². The Labute approximate surface area is 171 Å². The first-order valence-electron chi connectivity index (χ1n) is 10.4. The highest BCUT2D eigenvalue weighted by Crippen LogP contribution is 2.23. The molecule has 0 saturated carbocycles. The number of aryl methyl sites for hydroxylation is 2.